The van der Waals surface area contributed by atoms with Crippen LogP contribution in [-0.4, -0.2) is 7.11 Å². The molecule has 0 aliphatic carbocycles. The van der Waals surface area contributed by atoms with Gasteiger partial charge in [0.05, 0.1) is 18.5 Å². The van der Waals surface area contributed by atoms with Gasteiger partial charge in [-0.2, -0.15) is 0 Å². The fourth-order valence-electron chi connectivity index (χ4n) is 2.92. The number of anilines is 2. The summed E-state index contributed by atoms with van der Waals surface area (Å²) in [6.07, 6.45) is 0.887. The maximum absolute atomic E-state index is 6.30. The molecule has 26 heavy (non-hydrogen) atoms. The molecular formula is C23H26N2O. The average molecular weight is 346 g/mol. The van der Waals surface area contributed by atoms with E-state index in [1.807, 2.05) is 12.1 Å². The predicted molar refractivity (Wildman–Crippen MR) is 109 cm³/mol. The highest BCUT2D eigenvalue weighted by Gasteiger charge is 2.06. The van der Waals surface area contributed by atoms with Crippen molar-refractivity contribution >= 4 is 11.4 Å². The minimum Gasteiger partial charge on any atom is -0.497 e. The van der Waals surface area contributed by atoms with Gasteiger partial charge in [-0.25, -0.2) is 5.84 Å². The van der Waals surface area contributed by atoms with Gasteiger partial charge in [-0.05, 0) is 65.4 Å². The molecule has 134 valence electrons. The highest BCUT2D eigenvalue weighted by atomic mass is 16.5. The average Bonchev–Trinajstić information content (AvgIpc) is 2.69. The van der Waals surface area contributed by atoms with E-state index < -0.39 is 0 Å². The number of nitrogens with zero attached hydrogens (tertiary/aromatic N) is 1. The Morgan fingerprint density at radius 3 is 1.69 bits per heavy atom. The molecule has 0 aliphatic rings. The fraction of sp³-hybridized carbons (Fsp3) is 0.217. The van der Waals surface area contributed by atoms with Crippen molar-refractivity contribution in [1.82, 2.24) is 0 Å². The van der Waals surface area contributed by atoms with Crippen LogP contribution in [0.4, 0.5) is 11.4 Å². The molecule has 0 unspecified atom stereocenters. The zero-order valence-electron chi connectivity index (χ0n) is 15.6. The summed E-state index contributed by atoms with van der Waals surface area (Å²) in [4.78, 5) is 0. The molecule has 0 fully saturated rings. The number of hydrogen-bond donors (Lipinski definition) is 1. The van der Waals surface area contributed by atoms with Crippen molar-refractivity contribution in [2.24, 2.45) is 5.84 Å². The van der Waals surface area contributed by atoms with Gasteiger partial charge in [0, 0.05) is 0 Å². The molecule has 0 radical (unpaired) electrons. The first-order chi connectivity index (χ1) is 12.6. The van der Waals surface area contributed by atoms with Gasteiger partial charge >= 0.3 is 0 Å². The lowest BCUT2D eigenvalue weighted by atomic mass is 10.0. The van der Waals surface area contributed by atoms with Gasteiger partial charge in [-0.3, -0.25) is 5.01 Å². The van der Waals surface area contributed by atoms with Crippen LogP contribution in [0.2, 0.25) is 0 Å². The molecule has 3 aromatic rings. The van der Waals surface area contributed by atoms with Gasteiger partial charge in [0.2, 0.25) is 0 Å². The van der Waals surface area contributed by atoms with Gasteiger partial charge in [0.25, 0.3) is 0 Å². The van der Waals surface area contributed by atoms with Crippen molar-refractivity contribution in [3.63, 3.8) is 0 Å². The quantitative estimate of drug-likeness (QED) is 0.478. The molecule has 0 saturated carbocycles. The number of hydrazine groups is 1. The van der Waals surface area contributed by atoms with E-state index in [1.165, 1.54) is 16.7 Å². The van der Waals surface area contributed by atoms with Crippen molar-refractivity contribution in [1.29, 1.82) is 0 Å². The number of rotatable bonds is 6. The normalized spacial score (nSPS) is 10.8. The summed E-state index contributed by atoms with van der Waals surface area (Å²) in [5.74, 6) is 7.70. The Labute approximate surface area is 156 Å². The maximum Gasteiger partial charge on any atom is 0.118 e. The Bertz CT molecular complexity index is 822. The minimum absolute atomic E-state index is 0.521. The topological polar surface area (TPSA) is 38.5 Å². The number of ether oxygens (including phenoxy) is 1. The number of nitrogens with two attached hydrogens (primary N) is 1. The highest BCUT2D eigenvalue weighted by molar-refractivity contribution is 5.62. The second-order valence-corrected chi connectivity index (χ2v) is 6.81. The lowest BCUT2D eigenvalue weighted by molar-refractivity contribution is 0.414. The van der Waals surface area contributed by atoms with Crippen LogP contribution in [0.5, 0.6) is 5.75 Å². The van der Waals surface area contributed by atoms with E-state index in [-0.39, 0.29) is 0 Å². The molecule has 0 saturated heterocycles. The van der Waals surface area contributed by atoms with E-state index in [0.29, 0.717) is 5.92 Å². The number of methoxy groups -OCH3 is 1. The number of benzene rings is 3. The molecule has 0 bridgehead atoms. The largest absolute Gasteiger partial charge is 0.497 e. The van der Waals surface area contributed by atoms with Gasteiger partial charge in [-0.15, -0.1) is 0 Å². The molecule has 0 aliphatic heterocycles. The van der Waals surface area contributed by atoms with Crippen LogP contribution in [0.25, 0.3) is 0 Å². The molecule has 0 aromatic heterocycles. The summed E-state index contributed by atoms with van der Waals surface area (Å²) < 4.78 is 5.20. The summed E-state index contributed by atoms with van der Waals surface area (Å²) in [5, 5.41) is 1.72. The third-order valence-corrected chi connectivity index (χ3v) is 4.62. The Balaban J connectivity index is 1.69. The smallest absolute Gasteiger partial charge is 0.118 e. The standard InChI is InChI=1S/C23H26N2O/c1-17(2)20-8-12-22(13-9-20)25(24)21-10-4-18(5-11-21)16-19-6-14-23(26-3)15-7-19/h4-15,17H,16,24H2,1-3H3. The number of hydrogen-bond acceptors (Lipinski definition) is 3. The summed E-state index contributed by atoms with van der Waals surface area (Å²) in [7, 11) is 1.68. The lowest BCUT2D eigenvalue weighted by Gasteiger charge is -2.20. The van der Waals surface area contributed by atoms with E-state index in [4.69, 9.17) is 10.6 Å². The highest BCUT2D eigenvalue weighted by Crippen LogP contribution is 2.25. The Morgan fingerprint density at radius 2 is 1.23 bits per heavy atom. The molecule has 3 rings (SSSR count). The monoisotopic (exact) mass is 346 g/mol. The molecule has 2 N–H and O–H groups in total. The van der Waals surface area contributed by atoms with Gasteiger partial charge in [0.1, 0.15) is 5.75 Å². The van der Waals surface area contributed by atoms with Crippen molar-refractivity contribution in [2.75, 3.05) is 12.1 Å². The predicted octanol–water partition coefficient (Wildman–Crippen LogP) is 5.42. The molecule has 3 heteroatoms. The van der Waals surface area contributed by atoms with Crippen molar-refractivity contribution in [3.05, 3.63) is 89.5 Å². The van der Waals surface area contributed by atoms with Crippen LogP contribution in [-0.2, 0) is 6.42 Å². The molecule has 3 aromatic carbocycles. The van der Waals surface area contributed by atoms with Crippen LogP contribution < -0.4 is 15.6 Å². The molecule has 0 heterocycles. The first-order valence-corrected chi connectivity index (χ1v) is 8.93. The first-order valence-electron chi connectivity index (χ1n) is 8.93. The molecular weight excluding hydrogens is 320 g/mol. The zero-order chi connectivity index (χ0) is 18.5. The Kier molecular flexibility index (Phi) is 5.59. The molecule has 0 spiro atoms. The Hall–Kier alpha value is -2.78. The van der Waals surface area contributed by atoms with Crippen LogP contribution in [0.1, 0.15) is 36.5 Å². The molecule has 0 atom stereocenters. The van der Waals surface area contributed by atoms with Crippen LogP contribution in [0.3, 0.4) is 0 Å². The summed E-state index contributed by atoms with van der Waals surface area (Å²) in [6, 6.07) is 25.0. The third kappa shape index (κ3) is 4.24. The zero-order valence-corrected chi connectivity index (χ0v) is 15.6. The summed E-state index contributed by atoms with van der Waals surface area (Å²) >= 11 is 0. The van der Waals surface area contributed by atoms with Crippen molar-refractivity contribution < 1.29 is 4.74 Å². The van der Waals surface area contributed by atoms with Crippen LogP contribution in [0, 0.1) is 0 Å². The minimum atomic E-state index is 0.521. The lowest BCUT2D eigenvalue weighted by Crippen LogP contribution is -2.24. The fourth-order valence-corrected chi connectivity index (χ4v) is 2.92. The van der Waals surface area contributed by atoms with E-state index in [9.17, 15) is 0 Å². The molecule has 0 amide bonds. The van der Waals surface area contributed by atoms with E-state index in [2.05, 4.69) is 74.5 Å². The van der Waals surface area contributed by atoms with Gasteiger partial charge in [-0.1, -0.05) is 50.2 Å². The van der Waals surface area contributed by atoms with Crippen LogP contribution in [0.15, 0.2) is 72.8 Å². The van der Waals surface area contributed by atoms with Crippen molar-refractivity contribution in [2.45, 2.75) is 26.2 Å². The van der Waals surface area contributed by atoms with Crippen LogP contribution >= 0.6 is 0 Å². The van der Waals surface area contributed by atoms with E-state index in [1.54, 1.807) is 12.1 Å². The second kappa shape index (κ2) is 8.07. The van der Waals surface area contributed by atoms with Crippen molar-refractivity contribution in [3.8, 4) is 5.75 Å². The first kappa shape index (κ1) is 18.0. The maximum atomic E-state index is 6.30. The molecule has 3 nitrogen and oxygen atoms in total. The van der Waals surface area contributed by atoms with Gasteiger partial charge in [0.15, 0.2) is 0 Å². The summed E-state index contributed by atoms with van der Waals surface area (Å²) in [6.45, 7) is 4.38. The van der Waals surface area contributed by atoms with E-state index >= 15 is 0 Å². The third-order valence-electron chi connectivity index (χ3n) is 4.62. The second-order valence-electron chi connectivity index (χ2n) is 6.81. The summed E-state index contributed by atoms with van der Waals surface area (Å²) in [5.41, 5.74) is 5.78. The van der Waals surface area contributed by atoms with Gasteiger partial charge < -0.3 is 4.74 Å². The Morgan fingerprint density at radius 1 is 0.769 bits per heavy atom. The van der Waals surface area contributed by atoms with E-state index in [0.717, 1.165) is 23.5 Å². The SMILES string of the molecule is COc1ccc(Cc2ccc(N(N)c3ccc(C(C)C)cc3)cc2)cc1.